The van der Waals surface area contributed by atoms with Crippen molar-refractivity contribution in [3.63, 3.8) is 0 Å². The zero-order valence-electron chi connectivity index (χ0n) is 9.17. The predicted octanol–water partition coefficient (Wildman–Crippen LogP) is -0.480. The Kier molecular flexibility index (Phi) is 3.32. The smallest absolute Gasteiger partial charge is 0.247 e. The van der Waals surface area contributed by atoms with Gasteiger partial charge in [-0.2, -0.15) is 4.31 Å². The number of aliphatic hydroxyl groups excluding tert-OH is 1. The second-order valence-corrected chi connectivity index (χ2v) is 5.99. The first-order chi connectivity index (χ1) is 8.00. The number of hydrogen-bond donors (Lipinski definition) is 2. The van der Waals surface area contributed by atoms with Gasteiger partial charge in [0.25, 0.3) is 0 Å². The van der Waals surface area contributed by atoms with Crippen LogP contribution in [0.4, 0.5) is 0 Å². The van der Waals surface area contributed by atoms with Crippen LogP contribution in [0.5, 0.6) is 0 Å². The molecule has 1 aromatic heterocycles. The molecule has 0 radical (unpaired) electrons. The number of β-amino-alcohol motifs (C(OH)–C–C–N with tert-alkyl or cyclic N) is 1. The van der Waals surface area contributed by atoms with Gasteiger partial charge in [-0.25, -0.2) is 8.42 Å². The molecule has 0 bridgehead atoms. The van der Waals surface area contributed by atoms with Crippen molar-refractivity contribution in [2.45, 2.75) is 23.8 Å². The van der Waals surface area contributed by atoms with Gasteiger partial charge in [-0.1, -0.05) is 0 Å². The number of H-pyrrole nitrogens is 1. The highest BCUT2D eigenvalue weighted by molar-refractivity contribution is 7.89. The van der Waals surface area contributed by atoms with Gasteiger partial charge in [0.15, 0.2) is 0 Å². The Bertz CT molecular complexity index is 531. The number of rotatable bonds is 2. The number of hydrogen-bond acceptors (Lipinski definition) is 4. The SMILES string of the molecule is O=c1ccc(S(=O)(=O)N2CCCC(O)C2)c[nH]1. The molecule has 1 aliphatic heterocycles. The maximum absolute atomic E-state index is 12.1. The quantitative estimate of drug-likeness (QED) is 0.749. The summed E-state index contributed by atoms with van der Waals surface area (Å²) in [6, 6.07) is 2.45. The zero-order chi connectivity index (χ0) is 12.5. The average Bonchev–Trinajstić information content (AvgIpc) is 2.29. The third-order valence-electron chi connectivity index (χ3n) is 2.75. The number of sulfonamides is 1. The van der Waals surface area contributed by atoms with E-state index in [4.69, 9.17) is 0 Å². The molecule has 1 aliphatic rings. The standard InChI is InChI=1S/C10H14N2O4S/c13-8-2-1-5-12(7-8)17(15,16)9-3-4-10(14)11-6-9/h3-4,6,8,13H,1-2,5,7H2,(H,11,14). The van der Waals surface area contributed by atoms with Crippen LogP contribution in [0.25, 0.3) is 0 Å². The molecule has 1 saturated heterocycles. The summed E-state index contributed by atoms with van der Waals surface area (Å²) >= 11 is 0. The fraction of sp³-hybridized carbons (Fsp3) is 0.500. The number of aromatic amines is 1. The Morgan fingerprint density at radius 1 is 1.41 bits per heavy atom. The van der Waals surface area contributed by atoms with E-state index in [0.717, 1.165) is 0 Å². The van der Waals surface area contributed by atoms with E-state index in [2.05, 4.69) is 4.98 Å². The summed E-state index contributed by atoms with van der Waals surface area (Å²) in [7, 11) is -3.61. The minimum Gasteiger partial charge on any atom is -0.392 e. The van der Waals surface area contributed by atoms with Gasteiger partial charge in [0, 0.05) is 25.4 Å². The van der Waals surface area contributed by atoms with Crippen molar-refractivity contribution in [1.82, 2.24) is 9.29 Å². The lowest BCUT2D eigenvalue weighted by atomic mass is 10.1. The first-order valence-electron chi connectivity index (χ1n) is 5.37. The molecular formula is C10H14N2O4S. The van der Waals surface area contributed by atoms with Crippen LogP contribution in [0.15, 0.2) is 28.0 Å². The summed E-state index contributed by atoms with van der Waals surface area (Å²) in [5.41, 5.74) is -0.345. The maximum Gasteiger partial charge on any atom is 0.247 e. The van der Waals surface area contributed by atoms with Gasteiger partial charge in [-0.05, 0) is 18.9 Å². The van der Waals surface area contributed by atoms with Gasteiger partial charge in [-0.3, -0.25) is 4.79 Å². The largest absolute Gasteiger partial charge is 0.392 e. The van der Waals surface area contributed by atoms with E-state index in [1.807, 2.05) is 0 Å². The van der Waals surface area contributed by atoms with Crippen LogP contribution < -0.4 is 5.56 Å². The van der Waals surface area contributed by atoms with Crippen molar-refractivity contribution in [3.8, 4) is 0 Å². The van der Waals surface area contributed by atoms with Crippen molar-refractivity contribution >= 4 is 10.0 Å². The van der Waals surface area contributed by atoms with E-state index >= 15 is 0 Å². The predicted molar refractivity (Wildman–Crippen MR) is 61.1 cm³/mol. The number of aliphatic hydroxyl groups is 1. The summed E-state index contributed by atoms with van der Waals surface area (Å²) in [5.74, 6) is 0. The highest BCUT2D eigenvalue weighted by Crippen LogP contribution is 2.19. The number of nitrogens with zero attached hydrogens (tertiary/aromatic N) is 1. The summed E-state index contributed by atoms with van der Waals surface area (Å²) in [4.78, 5) is 13.3. The Hall–Kier alpha value is -1.18. The highest BCUT2D eigenvalue weighted by atomic mass is 32.2. The minimum atomic E-state index is -3.61. The molecule has 17 heavy (non-hydrogen) atoms. The van der Waals surface area contributed by atoms with E-state index in [9.17, 15) is 18.3 Å². The van der Waals surface area contributed by atoms with Crippen molar-refractivity contribution in [3.05, 3.63) is 28.7 Å². The number of pyridine rings is 1. The van der Waals surface area contributed by atoms with Crippen molar-refractivity contribution in [1.29, 1.82) is 0 Å². The van der Waals surface area contributed by atoms with E-state index in [0.29, 0.717) is 19.4 Å². The topological polar surface area (TPSA) is 90.5 Å². The molecule has 0 spiro atoms. The van der Waals surface area contributed by atoms with Crippen LogP contribution in [0, 0.1) is 0 Å². The minimum absolute atomic E-state index is 0.0474. The van der Waals surface area contributed by atoms with Crippen LogP contribution in [0.2, 0.25) is 0 Å². The normalized spacial score (nSPS) is 22.5. The molecule has 6 nitrogen and oxygen atoms in total. The van der Waals surface area contributed by atoms with E-state index in [1.165, 1.54) is 22.6 Å². The molecule has 0 amide bonds. The zero-order valence-corrected chi connectivity index (χ0v) is 9.98. The maximum atomic E-state index is 12.1. The molecule has 94 valence electrons. The number of aromatic nitrogens is 1. The molecule has 2 heterocycles. The molecule has 0 saturated carbocycles. The van der Waals surface area contributed by atoms with Gasteiger partial charge in [-0.15, -0.1) is 0 Å². The van der Waals surface area contributed by atoms with Crippen LogP contribution in [-0.4, -0.2) is 42.0 Å². The van der Waals surface area contributed by atoms with Gasteiger partial charge in [0.05, 0.1) is 11.0 Å². The first kappa shape index (κ1) is 12.3. The Labute approximate surface area is 98.9 Å². The van der Waals surface area contributed by atoms with Gasteiger partial charge in [0.1, 0.15) is 0 Å². The van der Waals surface area contributed by atoms with Gasteiger partial charge >= 0.3 is 0 Å². The molecule has 1 aromatic rings. The molecule has 2 rings (SSSR count). The number of nitrogens with one attached hydrogen (secondary N) is 1. The molecule has 2 N–H and O–H groups in total. The molecule has 0 aromatic carbocycles. The van der Waals surface area contributed by atoms with E-state index < -0.39 is 16.1 Å². The Morgan fingerprint density at radius 3 is 2.76 bits per heavy atom. The summed E-state index contributed by atoms with van der Waals surface area (Å²) in [5, 5.41) is 9.47. The van der Waals surface area contributed by atoms with Crippen LogP contribution in [-0.2, 0) is 10.0 Å². The summed E-state index contributed by atoms with van der Waals surface area (Å²) < 4.78 is 25.5. The Morgan fingerprint density at radius 2 is 2.18 bits per heavy atom. The number of piperidine rings is 1. The molecule has 0 aliphatic carbocycles. The second-order valence-electron chi connectivity index (χ2n) is 4.05. The van der Waals surface area contributed by atoms with Gasteiger partial charge < -0.3 is 10.1 Å². The molecule has 1 fully saturated rings. The van der Waals surface area contributed by atoms with Crippen molar-refractivity contribution < 1.29 is 13.5 Å². The molecule has 1 atom stereocenters. The fourth-order valence-corrected chi connectivity index (χ4v) is 3.33. The van der Waals surface area contributed by atoms with Crippen molar-refractivity contribution in [2.24, 2.45) is 0 Å². The molecule has 1 unspecified atom stereocenters. The lowest BCUT2D eigenvalue weighted by molar-refractivity contribution is 0.108. The van der Waals surface area contributed by atoms with E-state index in [-0.39, 0.29) is 17.0 Å². The molecule has 7 heteroatoms. The monoisotopic (exact) mass is 258 g/mol. The Balaban J connectivity index is 2.29. The van der Waals surface area contributed by atoms with Crippen LogP contribution in [0.3, 0.4) is 0 Å². The van der Waals surface area contributed by atoms with Crippen LogP contribution in [0.1, 0.15) is 12.8 Å². The highest BCUT2D eigenvalue weighted by Gasteiger charge is 2.29. The lowest BCUT2D eigenvalue weighted by Gasteiger charge is -2.29. The lowest BCUT2D eigenvalue weighted by Crippen LogP contribution is -2.42. The third-order valence-corrected chi connectivity index (χ3v) is 4.61. The first-order valence-corrected chi connectivity index (χ1v) is 6.81. The summed E-state index contributed by atoms with van der Waals surface area (Å²) in [6.07, 6.45) is 1.83. The van der Waals surface area contributed by atoms with Crippen molar-refractivity contribution in [2.75, 3.05) is 13.1 Å². The third kappa shape index (κ3) is 2.56. The molecular weight excluding hydrogens is 244 g/mol. The average molecular weight is 258 g/mol. The second kappa shape index (κ2) is 4.59. The fourth-order valence-electron chi connectivity index (χ4n) is 1.85. The van der Waals surface area contributed by atoms with Gasteiger partial charge in [0.2, 0.25) is 15.6 Å². The summed E-state index contributed by atoms with van der Waals surface area (Å²) in [6.45, 7) is 0.514. The van der Waals surface area contributed by atoms with E-state index in [1.54, 1.807) is 0 Å². The van der Waals surface area contributed by atoms with Crippen LogP contribution >= 0.6 is 0 Å².